The molecule has 1 rings (SSSR count). The quantitative estimate of drug-likeness (QED) is 0.709. The summed E-state index contributed by atoms with van der Waals surface area (Å²) in [5.41, 5.74) is 1.05. The van der Waals surface area contributed by atoms with E-state index in [0.29, 0.717) is 25.9 Å². The molecule has 1 aromatic carbocycles. The molecule has 0 aliphatic rings. The average molecular weight is 307 g/mol. The molecule has 0 saturated heterocycles. The first kappa shape index (κ1) is 18.2. The molecule has 0 saturated carbocycles. The van der Waals surface area contributed by atoms with Crippen molar-refractivity contribution in [3.8, 4) is 0 Å². The van der Waals surface area contributed by atoms with Crippen LogP contribution in [-0.2, 0) is 20.9 Å². The average Bonchev–Trinajstić information content (AvgIpc) is 2.54. The second-order valence-corrected chi connectivity index (χ2v) is 5.48. The van der Waals surface area contributed by atoms with Crippen LogP contribution in [-0.4, -0.2) is 42.1 Å². The minimum Gasteiger partial charge on any atom is -0.469 e. The Labute approximate surface area is 131 Å². The van der Waals surface area contributed by atoms with Crippen LogP contribution in [0.1, 0.15) is 31.7 Å². The maximum atomic E-state index is 12.4. The van der Waals surface area contributed by atoms with Crippen LogP contribution < -0.4 is 0 Å². The molecule has 1 N–H and O–H groups in total. The maximum absolute atomic E-state index is 12.4. The number of carbonyl (C=O) groups excluding carboxylic acids is 2. The van der Waals surface area contributed by atoms with Gasteiger partial charge in [-0.25, -0.2) is 0 Å². The second-order valence-electron chi connectivity index (χ2n) is 5.48. The largest absolute Gasteiger partial charge is 0.469 e. The van der Waals surface area contributed by atoms with Gasteiger partial charge in [0.25, 0.3) is 0 Å². The van der Waals surface area contributed by atoms with Crippen molar-refractivity contribution in [2.75, 3.05) is 20.3 Å². The van der Waals surface area contributed by atoms with Gasteiger partial charge in [0, 0.05) is 32.5 Å². The van der Waals surface area contributed by atoms with Crippen LogP contribution >= 0.6 is 0 Å². The van der Waals surface area contributed by atoms with Crippen molar-refractivity contribution in [3.63, 3.8) is 0 Å². The zero-order valence-corrected chi connectivity index (χ0v) is 13.3. The Morgan fingerprint density at radius 1 is 1.23 bits per heavy atom. The van der Waals surface area contributed by atoms with Crippen molar-refractivity contribution >= 4 is 11.9 Å². The molecule has 0 bridgehead atoms. The normalized spacial score (nSPS) is 11.8. The summed E-state index contributed by atoms with van der Waals surface area (Å²) in [5, 5.41) is 9.21. The molecule has 0 radical (unpaired) electrons. The number of amides is 1. The number of aliphatic hydroxyl groups is 1. The van der Waals surface area contributed by atoms with E-state index in [1.54, 1.807) is 4.90 Å². The van der Waals surface area contributed by atoms with E-state index in [4.69, 9.17) is 0 Å². The fourth-order valence-electron chi connectivity index (χ4n) is 2.14. The van der Waals surface area contributed by atoms with Gasteiger partial charge < -0.3 is 14.7 Å². The third-order valence-corrected chi connectivity index (χ3v) is 3.41. The number of aliphatic hydroxyl groups excluding tert-OH is 1. The molecule has 0 aromatic heterocycles. The highest BCUT2D eigenvalue weighted by molar-refractivity contribution is 5.77. The second kappa shape index (κ2) is 9.95. The first-order valence-corrected chi connectivity index (χ1v) is 7.56. The van der Waals surface area contributed by atoms with Crippen LogP contribution in [0, 0.1) is 5.92 Å². The molecular weight excluding hydrogens is 282 g/mol. The number of hydrogen-bond acceptors (Lipinski definition) is 4. The summed E-state index contributed by atoms with van der Waals surface area (Å²) in [4.78, 5) is 25.2. The highest BCUT2D eigenvalue weighted by Crippen LogP contribution is 2.11. The van der Waals surface area contributed by atoms with Crippen LogP contribution in [0.15, 0.2) is 30.3 Å². The molecule has 1 atom stereocenters. The Hall–Kier alpha value is -1.88. The molecule has 5 nitrogen and oxygen atoms in total. The molecule has 0 aliphatic heterocycles. The smallest absolute Gasteiger partial charge is 0.305 e. The van der Waals surface area contributed by atoms with Gasteiger partial charge in [0.1, 0.15) is 0 Å². The first-order valence-electron chi connectivity index (χ1n) is 7.56. The lowest BCUT2D eigenvalue weighted by Gasteiger charge is -2.25. The highest BCUT2D eigenvalue weighted by Gasteiger charge is 2.17. The van der Waals surface area contributed by atoms with E-state index >= 15 is 0 Å². The van der Waals surface area contributed by atoms with Crippen molar-refractivity contribution in [1.29, 1.82) is 0 Å². The molecule has 0 fully saturated rings. The molecule has 0 heterocycles. The number of carbonyl (C=O) groups is 2. The van der Waals surface area contributed by atoms with Gasteiger partial charge in [0.05, 0.1) is 7.11 Å². The monoisotopic (exact) mass is 307 g/mol. The summed E-state index contributed by atoms with van der Waals surface area (Å²) in [5.74, 6) is -0.285. The molecule has 1 unspecified atom stereocenters. The number of benzene rings is 1. The van der Waals surface area contributed by atoms with Gasteiger partial charge in [-0.1, -0.05) is 37.3 Å². The van der Waals surface area contributed by atoms with E-state index in [1.807, 2.05) is 37.3 Å². The zero-order valence-electron chi connectivity index (χ0n) is 13.3. The molecule has 0 spiro atoms. The lowest BCUT2D eigenvalue weighted by molar-refractivity contribution is -0.141. The standard InChI is InChI=1S/C17H25NO4/c1-14(13-19)11-18(12-15-7-4-3-5-8-15)16(20)9-6-10-17(21)22-2/h3-5,7-8,14,19H,6,9-13H2,1-2H3. The number of esters is 1. The molecule has 5 heteroatoms. The summed E-state index contributed by atoms with van der Waals surface area (Å²) < 4.78 is 4.57. The van der Waals surface area contributed by atoms with E-state index in [-0.39, 0.29) is 30.8 Å². The lowest BCUT2D eigenvalue weighted by Crippen LogP contribution is -2.35. The van der Waals surface area contributed by atoms with Crippen LogP contribution in [0.2, 0.25) is 0 Å². The molecular formula is C17H25NO4. The topological polar surface area (TPSA) is 66.8 Å². The Kier molecular flexibility index (Phi) is 8.22. The van der Waals surface area contributed by atoms with Gasteiger partial charge >= 0.3 is 5.97 Å². The molecule has 22 heavy (non-hydrogen) atoms. The Morgan fingerprint density at radius 2 is 1.91 bits per heavy atom. The third kappa shape index (κ3) is 6.72. The predicted molar refractivity (Wildman–Crippen MR) is 84.0 cm³/mol. The molecule has 0 aliphatic carbocycles. The third-order valence-electron chi connectivity index (χ3n) is 3.41. The Balaban J connectivity index is 2.60. The van der Waals surface area contributed by atoms with Crippen molar-refractivity contribution in [1.82, 2.24) is 4.90 Å². The first-order chi connectivity index (χ1) is 10.6. The van der Waals surface area contributed by atoms with Gasteiger partial charge in [-0.05, 0) is 17.9 Å². The zero-order chi connectivity index (χ0) is 16.4. The van der Waals surface area contributed by atoms with Crippen molar-refractivity contribution in [2.24, 2.45) is 5.92 Å². The lowest BCUT2D eigenvalue weighted by atomic mass is 10.1. The van der Waals surface area contributed by atoms with Crippen LogP contribution in [0.3, 0.4) is 0 Å². The van der Waals surface area contributed by atoms with E-state index in [1.165, 1.54) is 7.11 Å². The van der Waals surface area contributed by atoms with E-state index < -0.39 is 0 Å². The fraction of sp³-hybridized carbons (Fsp3) is 0.529. The summed E-state index contributed by atoms with van der Waals surface area (Å²) in [6.07, 6.45) is 1.03. The molecule has 122 valence electrons. The van der Waals surface area contributed by atoms with Crippen LogP contribution in [0.5, 0.6) is 0 Å². The number of ether oxygens (including phenoxy) is 1. The number of methoxy groups -OCH3 is 1. The molecule has 1 aromatic rings. The Morgan fingerprint density at radius 3 is 2.50 bits per heavy atom. The van der Waals surface area contributed by atoms with Gasteiger partial charge in [-0.15, -0.1) is 0 Å². The van der Waals surface area contributed by atoms with Crippen molar-refractivity contribution < 1.29 is 19.4 Å². The van der Waals surface area contributed by atoms with Gasteiger partial charge in [0.15, 0.2) is 0 Å². The SMILES string of the molecule is COC(=O)CCCC(=O)N(Cc1ccccc1)CC(C)CO. The van der Waals surface area contributed by atoms with Crippen molar-refractivity contribution in [2.45, 2.75) is 32.7 Å². The summed E-state index contributed by atoms with van der Waals surface area (Å²) in [6.45, 7) is 2.96. The van der Waals surface area contributed by atoms with E-state index in [9.17, 15) is 14.7 Å². The minimum absolute atomic E-state index is 0.00643. The Bertz CT molecular complexity index is 461. The maximum Gasteiger partial charge on any atom is 0.305 e. The summed E-state index contributed by atoms with van der Waals surface area (Å²) >= 11 is 0. The van der Waals surface area contributed by atoms with E-state index in [0.717, 1.165) is 5.56 Å². The van der Waals surface area contributed by atoms with Gasteiger partial charge in [-0.2, -0.15) is 0 Å². The summed E-state index contributed by atoms with van der Waals surface area (Å²) in [6, 6.07) is 9.74. The number of hydrogen-bond donors (Lipinski definition) is 1. The number of rotatable bonds is 9. The van der Waals surface area contributed by atoms with Crippen LogP contribution in [0.25, 0.3) is 0 Å². The molecule has 1 amide bonds. The van der Waals surface area contributed by atoms with Gasteiger partial charge in [-0.3, -0.25) is 9.59 Å². The van der Waals surface area contributed by atoms with Crippen molar-refractivity contribution in [3.05, 3.63) is 35.9 Å². The summed E-state index contributed by atoms with van der Waals surface area (Å²) in [7, 11) is 1.34. The van der Waals surface area contributed by atoms with Gasteiger partial charge in [0.2, 0.25) is 5.91 Å². The number of nitrogens with zero attached hydrogens (tertiary/aromatic N) is 1. The predicted octanol–water partition coefficient (Wildman–Crippen LogP) is 1.99. The fourth-order valence-corrected chi connectivity index (χ4v) is 2.14. The van der Waals surface area contributed by atoms with Crippen LogP contribution in [0.4, 0.5) is 0 Å². The van der Waals surface area contributed by atoms with E-state index in [2.05, 4.69) is 4.74 Å². The highest BCUT2D eigenvalue weighted by atomic mass is 16.5. The minimum atomic E-state index is -0.300.